The van der Waals surface area contributed by atoms with Gasteiger partial charge in [0.2, 0.25) is 0 Å². The third kappa shape index (κ3) is 3.22. The Morgan fingerprint density at radius 2 is 1.93 bits per heavy atom. The van der Waals surface area contributed by atoms with Gasteiger partial charge in [-0.05, 0) is 25.1 Å². The molecule has 7 heteroatoms. The number of rotatable bonds is 2. The number of amides is 1. The zero-order valence-electron chi connectivity index (χ0n) is 15.3. The molecule has 0 aromatic heterocycles. The Morgan fingerprint density at radius 1 is 1.21 bits per heavy atom. The van der Waals surface area contributed by atoms with Crippen LogP contribution in [0.5, 0.6) is 0 Å². The molecular weight excluding hydrogens is 382 g/mol. The van der Waals surface area contributed by atoms with Gasteiger partial charge in [0.1, 0.15) is 11.4 Å². The quantitative estimate of drug-likeness (QED) is 0.824. The number of fused-ring (bicyclic) bond motifs is 1. The number of hydrogen-bond donors (Lipinski definition) is 1. The fourth-order valence-corrected chi connectivity index (χ4v) is 4.88. The van der Waals surface area contributed by atoms with Crippen molar-refractivity contribution in [1.29, 1.82) is 0 Å². The van der Waals surface area contributed by atoms with Crippen LogP contribution in [0, 0.1) is 5.82 Å². The number of carbonyl (C=O) groups is 1. The molecule has 2 aliphatic heterocycles. The van der Waals surface area contributed by atoms with Gasteiger partial charge in [0.05, 0.1) is 12.7 Å². The lowest BCUT2D eigenvalue weighted by molar-refractivity contribution is -0.107. The summed E-state index contributed by atoms with van der Waals surface area (Å²) in [5.74, 6) is -0.817. The van der Waals surface area contributed by atoms with Crippen molar-refractivity contribution in [2.75, 3.05) is 12.4 Å². The average Bonchev–Trinajstić information content (AvgIpc) is 2.69. The minimum Gasteiger partial charge on any atom is -0.375 e. The van der Waals surface area contributed by atoms with Gasteiger partial charge in [-0.2, -0.15) is 0 Å². The number of ether oxygens (including phenoxy) is 1. The van der Waals surface area contributed by atoms with Crippen LogP contribution in [-0.2, 0) is 10.3 Å². The standard InChI is InChI=1S/C21H20F2N2O2S/c1-14-11-20(23)13-28-19(24-18(26)15-7-3-2-4-8-15)25-21(20,12-27-14)16-9-5-6-10-17(16)22/h2-10,14H,11-13H2,1H3,(H,24,25,26)/t14-,20+,21+/m0/s1. The maximum absolute atomic E-state index is 16.1. The van der Waals surface area contributed by atoms with Crippen molar-refractivity contribution in [2.45, 2.75) is 30.7 Å². The molecule has 4 rings (SSSR count). The molecule has 2 aromatic carbocycles. The predicted molar refractivity (Wildman–Crippen MR) is 106 cm³/mol. The molecule has 4 nitrogen and oxygen atoms in total. The molecule has 3 atom stereocenters. The van der Waals surface area contributed by atoms with Gasteiger partial charge in [0, 0.05) is 23.3 Å². The molecule has 2 aliphatic rings. The molecule has 0 spiro atoms. The SMILES string of the molecule is C[C@H]1C[C@@]2(F)CSC(NC(=O)c3ccccc3)=N[C@@]2(c2ccccc2F)CO1. The highest BCUT2D eigenvalue weighted by Gasteiger charge is 2.60. The van der Waals surface area contributed by atoms with Gasteiger partial charge in [-0.25, -0.2) is 13.8 Å². The lowest BCUT2D eigenvalue weighted by Crippen LogP contribution is -2.60. The highest BCUT2D eigenvalue weighted by molar-refractivity contribution is 8.14. The molecule has 0 saturated carbocycles. The van der Waals surface area contributed by atoms with E-state index in [4.69, 9.17) is 4.74 Å². The molecule has 1 amide bonds. The maximum Gasteiger partial charge on any atom is 0.257 e. The molecule has 2 heterocycles. The number of nitrogens with one attached hydrogen (secondary N) is 1. The molecule has 146 valence electrons. The van der Waals surface area contributed by atoms with E-state index in [1.165, 1.54) is 6.07 Å². The second-order valence-electron chi connectivity index (χ2n) is 7.16. The van der Waals surface area contributed by atoms with E-state index in [0.29, 0.717) is 5.56 Å². The van der Waals surface area contributed by atoms with Crippen LogP contribution in [0.15, 0.2) is 59.6 Å². The number of alkyl halides is 1. The zero-order chi connectivity index (χ0) is 19.8. The van der Waals surface area contributed by atoms with Crippen molar-refractivity contribution in [3.05, 3.63) is 71.5 Å². The lowest BCUT2D eigenvalue weighted by Gasteiger charge is -2.50. The van der Waals surface area contributed by atoms with Gasteiger partial charge in [-0.3, -0.25) is 4.79 Å². The van der Waals surface area contributed by atoms with Crippen LogP contribution in [0.4, 0.5) is 8.78 Å². The number of hydrogen-bond acceptors (Lipinski definition) is 4. The largest absolute Gasteiger partial charge is 0.375 e. The van der Waals surface area contributed by atoms with Crippen LogP contribution in [0.2, 0.25) is 0 Å². The second-order valence-corrected chi connectivity index (χ2v) is 8.12. The number of aliphatic imine (C=N–C) groups is 1. The van der Waals surface area contributed by atoms with E-state index in [1.54, 1.807) is 49.4 Å². The smallest absolute Gasteiger partial charge is 0.257 e. The fraction of sp³-hybridized carbons (Fsp3) is 0.333. The monoisotopic (exact) mass is 402 g/mol. The van der Waals surface area contributed by atoms with Gasteiger partial charge in [0.25, 0.3) is 5.91 Å². The number of carbonyl (C=O) groups excluding carboxylic acids is 1. The third-order valence-electron chi connectivity index (χ3n) is 5.23. The number of thioether (sulfide) groups is 1. The maximum atomic E-state index is 16.1. The van der Waals surface area contributed by atoms with E-state index in [9.17, 15) is 9.18 Å². The highest BCUT2D eigenvalue weighted by Crippen LogP contribution is 2.51. The summed E-state index contributed by atoms with van der Waals surface area (Å²) in [5.41, 5.74) is -2.69. The normalized spacial score (nSPS) is 29.5. The molecule has 0 unspecified atom stereocenters. The first-order valence-electron chi connectivity index (χ1n) is 9.08. The number of nitrogens with zero attached hydrogens (tertiary/aromatic N) is 1. The summed E-state index contributed by atoms with van der Waals surface area (Å²) < 4.78 is 36.5. The number of benzene rings is 2. The Kier molecular flexibility index (Phi) is 4.97. The first-order valence-corrected chi connectivity index (χ1v) is 10.1. The Hall–Kier alpha value is -2.25. The first kappa shape index (κ1) is 19.1. The van der Waals surface area contributed by atoms with Gasteiger partial charge in [-0.15, -0.1) is 0 Å². The van der Waals surface area contributed by atoms with E-state index in [2.05, 4.69) is 10.3 Å². The molecular formula is C21H20F2N2O2S. The fourth-order valence-electron chi connectivity index (χ4n) is 3.77. The van der Waals surface area contributed by atoms with Crippen LogP contribution in [0.3, 0.4) is 0 Å². The molecule has 0 bridgehead atoms. The lowest BCUT2D eigenvalue weighted by atomic mass is 9.72. The zero-order valence-corrected chi connectivity index (χ0v) is 16.1. The van der Waals surface area contributed by atoms with Crippen LogP contribution in [0.25, 0.3) is 0 Å². The Morgan fingerprint density at radius 3 is 2.68 bits per heavy atom. The molecule has 0 radical (unpaired) electrons. The highest BCUT2D eigenvalue weighted by atomic mass is 32.2. The summed E-state index contributed by atoms with van der Waals surface area (Å²) in [4.78, 5) is 17.1. The van der Waals surface area contributed by atoms with Crippen molar-refractivity contribution in [3.63, 3.8) is 0 Å². The number of amidine groups is 1. The van der Waals surface area contributed by atoms with Crippen LogP contribution in [0.1, 0.15) is 29.3 Å². The first-order chi connectivity index (χ1) is 13.4. The van der Waals surface area contributed by atoms with E-state index in [1.807, 2.05) is 6.07 Å². The van der Waals surface area contributed by atoms with Crippen LogP contribution < -0.4 is 5.32 Å². The number of halogens is 2. The van der Waals surface area contributed by atoms with Crippen molar-refractivity contribution >= 4 is 22.8 Å². The van der Waals surface area contributed by atoms with Crippen LogP contribution in [-0.4, -0.2) is 35.2 Å². The van der Waals surface area contributed by atoms with Crippen LogP contribution >= 0.6 is 11.8 Å². The summed E-state index contributed by atoms with van der Waals surface area (Å²) in [7, 11) is 0. The molecule has 1 N–H and O–H groups in total. The molecule has 28 heavy (non-hydrogen) atoms. The van der Waals surface area contributed by atoms with Crippen molar-refractivity contribution in [1.82, 2.24) is 5.32 Å². The summed E-state index contributed by atoms with van der Waals surface area (Å²) in [6.07, 6.45) is -0.182. The molecule has 2 aromatic rings. The minimum atomic E-state index is -1.78. The van der Waals surface area contributed by atoms with Crippen molar-refractivity contribution in [3.8, 4) is 0 Å². The second kappa shape index (κ2) is 7.29. The Balaban J connectivity index is 1.75. The van der Waals surface area contributed by atoms with Crippen molar-refractivity contribution < 1.29 is 18.3 Å². The van der Waals surface area contributed by atoms with E-state index >= 15 is 4.39 Å². The third-order valence-corrected chi connectivity index (χ3v) is 6.30. The van der Waals surface area contributed by atoms with E-state index in [0.717, 1.165) is 11.8 Å². The Labute approximate surface area is 166 Å². The van der Waals surface area contributed by atoms with Crippen molar-refractivity contribution in [2.24, 2.45) is 4.99 Å². The predicted octanol–water partition coefficient (Wildman–Crippen LogP) is 4.07. The summed E-state index contributed by atoms with van der Waals surface area (Å²) in [5, 5.41) is 3.01. The molecule has 0 aliphatic carbocycles. The molecule has 1 fully saturated rings. The van der Waals surface area contributed by atoms with Gasteiger partial charge in [-0.1, -0.05) is 48.2 Å². The Bertz CT molecular complexity index is 924. The van der Waals surface area contributed by atoms with E-state index < -0.39 is 17.0 Å². The van der Waals surface area contributed by atoms with E-state index in [-0.39, 0.29) is 41.5 Å². The molecule has 1 saturated heterocycles. The summed E-state index contributed by atoms with van der Waals surface area (Å²) >= 11 is 1.14. The van der Waals surface area contributed by atoms with Gasteiger partial charge in [0.15, 0.2) is 10.8 Å². The summed E-state index contributed by atoms with van der Waals surface area (Å²) in [6, 6.07) is 14.7. The minimum absolute atomic E-state index is 0.0585. The topological polar surface area (TPSA) is 50.7 Å². The summed E-state index contributed by atoms with van der Waals surface area (Å²) in [6.45, 7) is 1.71. The van der Waals surface area contributed by atoms with Gasteiger partial charge < -0.3 is 10.1 Å². The average molecular weight is 402 g/mol. The van der Waals surface area contributed by atoms with Gasteiger partial charge >= 0.3 is 0 Å².